The van der Waals surface area contributed by atoms with Crippen molar-refractivity contribution in [1.29, 1.82) is 0 Å². The molecule has 0 aliphatic heterocycles. The second-order valence-electron chi connectivity index (χ2n) is 4.07. The molecular weight excluding hydrogens is 380 g/mol. The number of rotatable bonds is 3. The van der Waals surface area contributed by atoms with Crippen LogP contribution in [0.15, 0.2) is 21.5 Å². The first kappa shape index (κ1) is 14.1. The van der Waals surface area contributed by atoms with Crippen LogP contribution in [0.25, 0.3) is 0 Å². The van der Waals surface area contributed by atoms with E-state index in [9.17, 15) is 10.1 Å². The van der Waals surface area contributed by atoms with Gasteiger partial charge in [0.2, 0.25) is 0 Å². The average Bonchev–Trinajstić information content (AvgIpc) is 2.61. The molecular formula is C11H10Br2N4O2. The van der Waals surface area contributed by atoms with Crippen LogP contribution in [0.5, 0.6) is 0 Å². The minimum absolute atomic E-state index is 0.118. The first-order chi connectivity index (χ1) is 8.90. The molecule has 2 heterocycles. The van der Waals surface area contributed by atoms with Crippen LogP contribution in [-0.4, -0.2) is 19.7 Å². The molecule has 0 aliphatic rings. The molecule has 0 unspecified atom stereocenters. The lowest BCUT2D eigenvalue weighted by Crippen LogP contribution is -2.08. The van der Waals surface area contributed by atoms with E-state index in [-0.39, 0.29) is 10.6 Å². The van der Waals surface area contributed by atoms with Gasteiger partial charge in [0.25, 0.3) is 5.69 Å². The second-order valence-corrected chi connectivity index (χ2v) is 5.69. The molecule has 0 fully saturated rings. The van der Waals surface area contributed by atoms with Crippen LogP contribution >= 0.6 is 31.9 Å². The summed E-state index contributed by atoms with van der Waals surface area (Å²) >= 11 is 6.64. The summed E-state index contributed by atoms with van der Waals surface area (Å²) in [6.45, 7) is 3.77. The number of pyridine rings is 1. The first-order valence-corrected chi connectivity index (χ1v) is 6.97. The van der Waals surface area contributed by atoms with E-state index < -0.39 is 0 Å². The molecule has 0 saturated carbocycles. The Kier molecular flexibility index (Phi) is 4.00. The van der Waals surface area contributed by atoms with Gasteiger partial charge in [-0.3, -0.25) is 19.8 Å². The molecule has 8 heteroatoms. The zero-order chi connectivity index (χ0) is 14.2. The SMILES string of the molecule is Cc1cnc(Cn2nc(Br)cc2Br)c(C)c1[N+](=O)[O-]. The number of hydrogen-bond donors (Lipinski definition) is 0. The Morgan fingerprint density at radius 2 is 2.11 bits per heavy atom. The fourth-order valence-electron chi connectivity index (χ4n) is 1.82. The van der Waals surface area contributed by atoms with Crippen molar-refractivity contribution < 1.29 is 4.92 Å². The minimum atomic E-state index is -0.371. The predicted molar refractivity (Wildman–Crippen MR) is 77.1 cm³/mol. The fraction of sp³-hybridized carbons (Fsp3) is 0.273. The number of halogens is 2. The highest BCUT2D eigenvalue weighted by atomic mass is 79.9. The first-order valence-electron chi connectivity index (χ1n) is 5.38. The molecule has 0 amide bonds. The third kappa shape index (κ3) is 2.84. The van der Waals surface area contributed by atoms with Crippen molar-refractivity contribution in [2.75, 3.05) is 0 Å². The molecule has 6 nitrogen and oxygen atoms in total. The molecule has 0 atom stereocenters. The van der Waals surface area contributed by atoms with Gasteiger partial charge in [-0.1, -0.05) is 0 Å². The average molecular weight is 390 g/mol. The maximum Gasteiger partial charge on any atom is 0.278 e. The normalized spacial score (nSPS) is 10.7. The van der Waals surface area contributed by atoms with Gasteiger partial charge in [-0.25, -0.2) is 0 Å². The summed E-state index contributed by atoms with van der Waals surface area (Å²) in [6.07, 6.45) is 1.52. The molecule has 0 spiro atoms. The Hall–Kier alpha value is -1.28. The number of nitro groups is 1. The summed E-state index contributed by atoms with van der Waals surface area (Å²) in [6, 6.07) is 1.80. The molecule has 2 aromatic heterocycles. The van der Waals surface area contributed by atoms with E-state index in [0.717, 1.165) is 4.60 Å². The Morgan fingerprint density at radius 1 is 1.42 bits per heavy atom. The number of aromatic nitrogens is 3. The van der Waals surface area contributed by atoms with E-state index in [1.807, 2.05) is 0 Å². The lowest BCUT2D eigenvalue weighted by molar-refractivity contribution is -0.386. The van der Waals surface area contributed by atoms with Gasteiger partial charge in [-0.2, -0.15) is 5.10 Å². The molecule has 2 rings (SSSR count). The molecule has 0 bridgehead atoms. The van der Waals surface area contributed by atoms with E-state index in [0.29, 0.717) is 28.0 Å². The zero-order valence-electron chi connectivity index (χ0n) is 10.2. The third-order valence-corrected chi connectivity index (χ3v) is 3.78. The zero-order valence-corrected chi connectivity index (χ0v) is 13.4. The van der Waals surface area contributed by atoms with Gasteiger partial charge in [0.05, 0.1) is 22.7 Å². The summed E-state index contributed by atoms with van der Waals surface area (Å²) < 4.78 is 3.15. The summed E-state index contributed by atoms with van der Waals surface area (Å²) in [5.41, 5.74) is 1.89. The molecule has 0 aromatic carbocycles. The monoisotopic (exact) mass is 388 g/mol. The second kappa shape index (κ2) is 5.38. The van der Waals surface area contributed by atoms with Crippen molar-refractivity contribution in [2.24, 2.45) is 0 Å². The van der Waals surface area contributed by atoms with Crippen molar-refractivity contribution in [3.8, 4) is 0 Å². The fourth-order valence-corrected chi connectivity index (χ4v) is 2.96. The Balaban J connectivity index is 2.44. The van der Waals surface area contributed by atoms with Crippen LogP contribution in [0.1, 0.15) is 16.8 Å². The highest BCUT2D eigenvalue weighted by Crippen LogP contribution is 2.25. The smallest absolute Gasteiger partial charge is 0.258 e. The molecule has 0 aliphatic carbocycles. The predicted octanol–water partition coefficient (Wildman–Crippen LogP) is 3.38. The van der Waals surface area contributed by atoms with Crippen molar-refractivity contribution >= 4 is 37.5 Å². The number of aryl methyl sites for hydroxylation is 1. The van der Waals surface area contributed by atoms with Gasteiger partial charge in [0.15, 0.2) is 0 Å². The largest absolute Gasteiger partial charge is 0.278 e. The molecule has 0 N–H and O–H groups in total. The van der Waals surface area contributed by atoms with Gasteiger partial charge in [-0.05, 0) is 45.7 Å². The molecule has 100 valence electrons. The lowest BCUT2D eigenvalue weighted by atomic mass is 10.1. The van der Waals surface area contributed by atoms with E-state index >= 15 is 0 Å². The Morgan fingerprint density at radius 3 is 2.63 bits per heavy atom. The third-order valence-electron chi connectivity index (χ3n) is 2.76. The quantitative estimate of drug-likeness (QED) is 0.595. The molecule has 19 heavy (non-hydrogen) atoms. The Labute approximate surface area is 126 Å². The van der Waals surface area contributed by atoms with Crippen molar-refractivity contribution in [1.82, 2.24) is 14.8 Å². The molecule has 0 saturated heterocycles. The minimum Gasteiger partial charge on any atom is -0.258 e. The topological polar surface area (TPSA) is 73.8 Å². The van der Waals surface area contributed by atoms with Gasteiger partial charge in [0, 0.05) is 17.8 Å². The maximum absolute atomic E-state index is 11.1. The van der Waals surface area contributed by atoms with Crippen LogP contribution < -0.4 is 0 Å². The summed E-state index contributed by atoms with van der Waals surface area (Å²) in [5, 5.41) is 15.3. The van der Waals surface area contributed by atoms with Crippen molar-refractivity contribution in [2.45, 2.75) is 20.4 Å². The van der Waals surface area contributed by atoms with Crippen LogP contribution in [0, 0.1) is 24.0 Å². The highest BCUT2D eigenvalue weighted by molar-refractivity contribution is 9.11. The van der Waals surface area contributed by atoms with E-state index in [1.165, 1.54) is 6.20 Å². The van der Waals surface area contributed by atoms with Crippen LogP contribution in [-0.2, 0) is 6.54 Å². The summed E-state index contributed by atoms with van der Waals surface area (Å²) in [7, 11) is 0. The van der Waals surface area contributed by atoms with Crippen molar-refractivity contribution in [3.63, 3.8) is 0 Å². The molecule has 2 aromatic rings. The lowest BCUT2D eigenvalue weighted by Gasteiger charge is -2.08. The summed E-state index contributed by atoms with van der Waals surface area (Å²) in [5.74, 6) is 0. The summed E-state index contributed by atoms with van der Waals surface area (Å²) in [4.78, 5) is 15.0. The van der Waals surface area contributed by atoms with E-state index in [1.54, 1.807) is 24.6 Å². The van der Waals surface area contributed by atoms with Crippen LogP contribution in [0.2, 0.25) is 0 Å². The Bertz CT molecular complexity index is 654. The van der Waals surface area contributed by atoms with Gasteiger partial charge >= 0.3 is 0 Å². The van der Waals surface area contributed by atoms with Gasteiger partial charge in [-0.15, -0.1) is 0 Å². The van der Waals surface area contributed by atoms with Gasteiger partial charge in [0.1, 0.15) is 9.21 Å². The van der Waals surface area contributed by atoms with E-state index in [4.69, 9.17) is 0 Å². The van der Waals surface area contributed by atoms with Crippen molar-refractivity contribution in [3.05, 3.63) is 48.4 Å². The standard InChI is InChI=1S/C11H10Br2N4O2/c1-6-4-14-8(7(2)11(6)17(18)19)5-16-10(13)3-9(12)15-16/h3-4H,5H2,1-2H3. The van der Waals surface area contributed by atoms with Crippen LogP contribution in [0.3, 0.4) is 0 Å². The molecule has 0 radical (unpaired) electrons. The highest BCUT2D eigenvalue weighted by Gasteiger charge is 2.19. The maximum atomic E-state index is 11.1. The number of nitrogens with zero attached hydrogens (tertiary/aromatic N) is 4. The van der Waals surface area contributed by atoms with E-state index in [2.05, 4.69) is 41.9 Å². The number of hydrogen-bond acceptors (Lipinski definition) is 4. The van der Waals surface area contributed by atoms with Gasteiger partial charge < -0.3 is 0 Å². The van der Waals surface area contributed by atoms with Crippen LogP contribution in [0.4, 0.5) is 5.69 Å².